The summed E-state index contributed by atoms with van der Waals surface area (Å²) in [6, 6.07) is 31.9. The average molecular weight is 564 g/mol. The molecule has 1 aliphatic heterocycles. The largest absolute Gasteiger partial charge is 0.457 e. The Hall–Kier alpha value is -4.46. The second kappa shape index (κ2) is 13.9. The van der Waals surface area contributed by atoms with Crippen LogP contribution in [0, 0.1) is 0 Å². The first-order chi connectivity index (χ1) is 20.5. The van der Waals surface area contributed by atoms with Crippen LogP contribution in [0.1, 0.15) is 36.0 Å². The van der Waals surface area contributed by atoms with Crippen LogP contribution in [0.4, 0.5) is 0 Å². The molecule has 0 aliphatic carbocycles. The first-order valence-corrected chi connectivity index (χ1v) is 14.5. The number of ether oxygens (including phenoxy) is 1. The third-order valence-corrected chi connectivity index (χ3v) is 7.60. The minimum Gasteiger partial charge on any atom is -0.457 e. The molecule has 0 saturated carbocycles. The molecule has 0 bridgehead atoms. The Kier molecular flexibility index (Phi) is 9.64. The third-order valence-electron chi connectivity index (χ3n) is 7.60. The van der Waals surface area contributed by atoms with E-state index in [4.69, 9.17) is 10.5 Å². The SMILES string of the molecule is NCCCCC1C(=O)NC(Cc2ccc(Oc3cccc(CO)c3)cc2)C(=O)N1Cc1ccc(-c2ccccc2)cc1. The number of benzene rings is 4. The molecule has 5 rings (SSSR count). The summed E-state index contributed by atoms with van der Waals surface area (Å²) in [4.78, 5) is 28.9. The number of piperazine rings is 1. The molecule has 2 atom stereocenters. The van der Waals surface area contributed by atoms with Crippen molar-refractivity contribution in [3.8, 4) is 22.6 Å². The van der Waals surface area contributed by atoms with Gasteiger partial charge in [0.25, 0.3) is 0 Å². The Bertz CT molecular complexity index is 1470. The van der Waals surface area contributed by atoms with Crippen molar-refractivity contribution in [2.24, 2.45) is 5.73 Å². The lowest BCUT2D eigenvalue weighted by atomic mass is 9.96. The maximum absolute atomic E-state index is 13.8. The second-order valence-corrected chi connectivity index (χ2v) is 10.6. The lowest BCUT2D eigenvalue weighted by Gasteiger charge is -2.39. The van der Waals surface area contributed by atoms with Gasteiger partial charge in [0, 0.05) is 13.0 Å². The standard InChI is InChI=1S/C35H37N3O4/c36-20-5-4-11-33-34(40)37-32(22-25-14-18-30(19-15-25)42-31-10-6-7-27(21-31)24-39)35(41)38(33)23-26-12-16-29(17-13-26)28-8-2-1-3-9-28/h1-3,6-10,12-19,21,32-33,39H,4-5,11,20,22-24,36H2,(H,37,40). The summed E-state index contributed by atoms with van der Waals surface area (Å²) in [6.07, 6.45) is 2.54. The predicted octanol–water partition coefficient (Wildman–Crippen LogP) is 5.21. The van der Waals surface area contributed by atoms with Gasteiger partial charge < -0.3 is 25.8 Å². The fourth-order valence-corrected chi connectivity index (χ4v) is 5.32. The highest BCUT2D eigenvalue weighted by atomic mass is 16.5. The number of nitrogens with two attached hydrogens (primary N) is 1. The van der Waals surface area contributed by atoms with E-state index in [1.165, 1.54) is 0 Å². The Morgan fingerprint density at radius 2 is 1.48 bits per heavy atom. The van der Waals surface area contributed by atoms with Gasteiger partial charge in [-0.1, -0.05) is 78.9 Å². The molecule has 216 valence electrons. The number of carbonyl (C=O) groups excluding carboxylic acids is 2. The number of amides is 2. The van der Waals surface area contributed by atoms with E-state index in [0.29, 0.717) is 37.4 Å². The molecule has 7 nitrogen and oxygen atoms in total. The van der Waals surface area contributed by atoms with Crippen molar-refractivity contribution in [1.29, 1.82) is 0 Å². The van der Waals surface area contributed by atoms with E-state index in [2.05, 4.69) is 29.6 Å². The fraction of sp³-hybridized carbons (Fsp3) is 0.257. The smallest absolute Gasteiger partial charge is 0.246 e. The molecule has 4 aromatic carbocycles. The molecule has 2 unspecified atom stereocenters. The average Bonchev–Trinajstić information content (AvgIpc) is 3.03. The van der Waals surface area contributed by atoms with Crippen molar-refractivity contribution in [2.45, 2.75) is 50.9 Å². The molecule has 4 N–H and O–H groups in total. The maximum atomic E-state index is 13.8. The summed E-state index contributed by atoms with van der Waals surface area (Å²) in [7, 11) is 0. The van der Waals surface area contributed by atoms with Crippen LogP contribution in [0.15, 0.2) is 103 Å². The van der Waals surface area contributed by atoms with E-state index in [1.54, 1.807) is 11.0 Å². The molecular weight excluding hydrogens is 526 g/mol. The molecule has 7 heteroatoms. The Morgan fingerprint density at radius 3 is 2.19 bits per heavy atom. The molecule has 2 amide bonds. The van der Waals surface area contributed by atoms with Crippen LogP contribution in [-0.2, 0) is 29.2 Å². The van der Waals surface area contributed by atoms with Crippen LogP contribution in [0.3, 0.4) is 0 Å². The lowest BCUT2D eigenvalue weighted by Crippen LogP contribution is -2.63. The number of aliphatic hydroxyl groups excluding tert-OH is 1. The molecule has 42 heavy (non-hydrogen) atoms. The molecular formula is C35H37N3O4. The molecule has 1 fully saturated rings. The zero-order valence-electron chi connectivity index (χ0n) is 23.6. The fourth-order valence-electron chi connectivity index (χ4n) is 5.32. The maximum Gasteiger partial charge on any atom is 0.246 e. The van der Waals surface area contributed by atoms with Gasteiger partial charge in [0.15, 0.2) is 0 Å². The van der Waals surface area contributed by atoms with E-state index in [0.717, 1.165) is 40.7 Å². The molecule has 0 aromatic heterocycles. The van der Waals surface area contributed by atoms with Gasteiger partial charge in [-0.15, -0.1) is 0 Å². The number of nitrogens with zero attached hydrogens (tertiary/aromatic N) is 1. The monoisotopic (exact) mass is 563 g/mol. The summed E-state index contributed by atoms with van der Waals surface area (Å²) in [5.41, 5.74) is 10.6. The van der Waals surface area contributed by atoms with Crippen molar-refractivity contribution < 1.29 is 19.4 Å². The molecule has 1 heterocycles. The normalized spacial score (nSPS) is 16.8. The van der Waals surface area contributed by atoms with E-state index in [1.807, 2.05) is 72.8 Å². The molecule has 0 spiro atoms. The van der Waals surface area contributed by atoms with Crippen LogP contribution in [-0.4, -0.2) is 40.4 Å². The van der Waals surface area contributed by atoms with Crippen LogP contribution in [0.25, 0.3) is 11.1 Å². The number of hydrogen-bond donors (Lipinski definition) is 3. The van der Waals surface area contributed by atoms with Gasteiger partial charge in [0.2, 0.25) is 11.8 Å². The zero-order valence-corrected chi connectivity index (χ0v) is 23.6. The summed E-state index contributed by atoms with van der Waals surface area (Å²) in [6.45, 7) is 0.865. The van der Waals surface area contributed by atoms with Crippen molar-refractivity contribution in [3.63, 3.8) is 0 Å². The van der Waals surface area contributed by atoms with Gasteiger partial charge >= 0.3 is 0 Å². The lowest BCUT2D eigenvalue weighted by molar-refractivity contribution is -0.150. The number of nitrogens with one attached hydrogen (secondary N) is 1. The van der Waals surface area contributed by atoms with Crippen LogP contribution in [0.5, 0.6) is 11.5 Å². The topological polar surface area (TPSA) is 105 Å². The Morgan fingerprint density at radius 1 is 0.762 bits per heavy atom. The van der Waals surface area contributed by atoms with Gasteiger partial charge in [0.05, 0.1) is 6.61 Å². The van der Waals surface area contributed by atoms with Crippen LogP contribution < -0.4 is 15.8 Å². The van der Waals surface area contributed by atoms with E-state index in [-0.39, 0.29) is 18.4 Å². The van der Waals surface area contributed by atoms with Crippen LogP contribution in [0.2, 0.25) is 0 Å². The first kappa shape index (κ1) is 29.0. The highest BCUT2D eigenvalue weighted by Gasteiger charge is 2.40. The van der Waals surface area contributed by atoms with E-state index < -0.39 is 12.1 Å². The van der Waals surface area contributed by atoms with E-state index in [9.17, 15) is 14.7 Å². The summed E-state index contributed by atoms with van der Waals surface area (Å²) >= 11 is 0. The number of unbranched alkanes of at least 4 members (excludes halogenated alkanes) is 1. The zero-order chi connectivity index (χ0) is 29.3. The van der Waals surface area contributed by atoms with Gasteiger partial charge in [0.1, 0.15) is 23.6 Å². The molecule has 1 saturated heterocycles. The van der Waals surface area contributed by atoms with Gasteiger partial charge in [-0.3, -0.25) is 9.59 Å². The Labute approximate surface area is 246 Å². The summed E-state index contributed by atoms with van der Waals surface area (Å²) in [5.74, 6) is 1.08. The number of aliphatic hydroxyl groups is 1. The van der Waals surface area contributed by atoms with Crippen molar-refractivity contribution >= 4 is 11.8 Å². The number of hydrogen-bond acceptors (Lipinski definition) is 5. The molecule has 4 aromatic rings. The minimum atomic E-state index is -0.653. The van der Waals surface area contributed by atoms with Gasteiger partial charge in [-0.2, -0.15) is 0 Å². The highest BCUT2D eigenvalue weighted by Crippen LogP contribution is 2.26. The molecule has 1 aliphatic rings. The number of rotatable bonds is 12. The van der Waals surface area contributed by atoms with Gasteiger partial charge in [-0.25, -0.2) is 0 Å². The predicted molar refractivity (Wildman–Crippen MR) is 164 cm³/mol. The number of carbonyl (C=O) groups is 2. The van der Waals surface area contributed by atoms with Crippen LogP contribution >= 0.6 is 0 Å². The first-order valence-electron chi connectivity index (χ1n) is 14.5. The Balaban J connectivity index is 1.29. The second-order valence-electron chi connectivity index (χ2n) is 10.6. The minimum absolute atomic E-state index is 0.0544. The summed E-state index contributed by atoms with van der Waals surface area (Å²) < 4.78 is 5.92. The van der Waals surface area contributed by atoms with E-state index >= 15 is 0 Å². The van der Waals surface area contributed by atoms with Gasteiger partial charge in [-0.05, 0) is 77.9 Å². The molecule has 0 radical (unpaired) electrons. The van der Waals surface area contributed by atoms with Crippen molar-refractivity contribution in [3.05, 3.63) is 120 Å². The highest BCUT2D eigenvalue weighted by molar-refractivity contribution is 5.97. The quantitative estimate of drug-likeness (QED) is 0.205. The van der Waals surface area contributed by atoms with Crippen molar-refractivity contribution in [2.75, 3.05) is 6.54 Å². The van der Waals surface area contributed by atoms with Crippen molar-refractivity contribution in [1.82, 2.24) is 10.2 Å². The summed E-state index contributed by atoms with van der Waals surface area (Å²) in [5, 5.41) is 12.4. The third kappa shape index (κ3) is 7.24.